The second-order valence-electron chi connectivity index (χ2n) is 6.59. The molecule has 0 aromatic rings. The second-order valence-corrected chi connectivity index (χ2v) is 6.59. The highest BCUT2D eigenvalue weighted by atomic mass is 16.5. The number of hydrogen-bond donors (Lipinski definition) is 1. The zero-order valence-electron chi connectivity index (χ0n) is 15.0. The Morgan fingerprint density at radius 2 is 1.95 bits per heavy atom. The van der Waals surface area contributed by atoms with Gasteiger partial charge in [0.1, 0.15) is 5.54 Å². The fourth-order valence-electron chi connectivity index (χ4n) is 2.53. The average Bonchev–Trinajstić information content (AvgIpc) is 2.41. The fraction of sp³-hybridized carbons (Fsp3) is 0.941. The molecule has 0 aromatic heterocycles. The van der Waals surface area contributed by atoms with Crippen LogP contribution in [0.2, 0.25) is 0 Å². The molecule has 0 radical (unpaired) electrons. The van der Waals surface area contributed by atoms with Gasteiger partial charge in [-0.3, -0.25) is 4.79 Å². The van der Waals surface area contributed by atoms with Crippen molar-refractivity contribution in [1.29, 1.82) is 0 Å². The molecular formula is C17H36N2O2. The molecule has 0 aliphatic rings. The molecule has 0 heterocycles. The standard InChI is InChI=1S/C17H36N2O2/c1-7-12-18-17(5,16(20)21-8-2)11-9-10-13-19(6)14-15(3)4/h15,18H,7-14H2,1-6H3. The summed E-state index contributed by atoms with van der Waals surface area (Å²) in [7, 11) is 2.17. The minimum absolute atomic E-state index is 0.117. The Morgan fingerprint density at radius 3 is 2.48 bits per heavy atom. The van der Waals surface area contributed by atoms with E-state index < -0.39 is 5.54 Å². The van der Waals surface area contributed by atoms with Crippen LogP contribution in [0.15, 0.2) is 0 Å². The van der Waals surface area contributed by atoms with Crippen molar-refractivity contribution in [2.45, 2.75) is 65.8 Å². The first-order valence-electron chi connectivity index (χ1n) is 8.46. The number of hydrogen-bond acceptors (Lipinski definition) is 4. The van der Waals surface area contributed by atoms with Crippen LogP contribution >= 0.6 is 0 Å². The molecule has 1 atom stereocenters. The highest BCUT2D eigenvalue weighted by Gasteiger charge is 2.33. The van der Waals surface area contributed by atoms with E-state index in [1.54, 1.807) is 0 Å². The summed E-state index contributed by atoms with van der Waals surface area (Å²) >= 11 is 0. The van der Waals surface area contributed by atoms with Crippen molar-refractivity contribution in [2.24, 2.45) is 5.92 Å². The van der Waals surface area contributed by atoms with Crippen molar-refractivity contribution < 1.29 is 9.53 Å². The Hall–Kier alpha value is -0.610. The van der Waals surface area contributed by atoms with Crippen molar-refractivity contribution in [3.05, 3.63) is 0 Å². The lowest BCUT2D eigenvalue weighted by molar-refractivity contribution is -0.150. The summed E-state index contributed by atoms with van der Waals surface area (Å²) < 4.78 is 5.22. The molecule has 0 amide bonds. The first-order chi connectivity index (χ1) is 9.85. The third-order valence-corrected chi connectivity index (χ3v) is 3.63. The summed E-state index contributed by atoms with van der Waals surface area (Å²) in [6, 6.07) is 0. The molecule has 0 spiro atoms. The SMILES string of the molecule is CCCNC(C)(CCCCN(C)CC(C)C)C(=O)OCC. The van der Waals surface area contributed by atoms with E-state index in [9.17, 15) is 4.79 Å². The Labute approximate surface area is 131 Å². The van der Waals surface area contributed by atoms with E-state index in [-0.39, 0.29) is 5.97 Å². The van der Waals surface area contributed by atoms with Gasteiger partial charge in [0.15, 0.2) is 0 Å². The third kappa shape index (κ3) is 9.10. The van der Waals surface area contributed by atoms with Crippen LogP contribution in [0.4, 0.5) is 0 Å². The van der Waals surface area contributed by atoms with Crippen molar-refractivity contribution in [3.63, 3.8) is 0 Å². The molecule has 0 bridgehead atoms. The van der Waals surface area contributed by atoms with E-state index in [2.05, 4.69) is 38.0 Å². The van der Waals surface area contributed by atoms with E-state index >= 15 is 0 Å². The molecule has 126 valence electrons. The lowest BCUT2D eigenvalue weighted by atomic mass is 9.94. The molecular weight excluding hydrogens is 264 g/mol. The number of rotatable bonds is 12. The van der Waals surface area contributed by atoms with E-state index in [0.29, 0.717) is 12.5 Å². The Kier molecular flexibility index (Phi) is 10.7. The molecule has 0 saturated heterocycles. The summed E-state index contributed by atoms with van der Waals surface area (Å²) in [5, 5.41) is 3.36. The molecule has 0 aliphatic carbocycles. The Bertz CT molecular complexity index is 282. The number of carbonyl (C=O) groups excluding carboxylic acids is 1. The quantitative estimate of drug-likeness (QED) is 0.444. The van der Waals surface area contributed by atoms with Crippen LogP contribution in [-0.4, -0.2) is 49.7 Å². The summed E-state index contributed by atoms with van der Waals surface area (Å²) in [4.78, 5) is 14.5. The summed E-state index contributed by atoms with van der Waals surface area (Å²) in [6.45, 7) is 13.9. The van der Waals surface area contributed by atoms with Gasteiger partial charge in [-0.15, -0.1) is 0 Å². The molecule has 4 nitrogen and oxygen atoms in total. The lowest BCUT2D eigenvalue weighted by Gasteiger charge is -2.29. The van der Waals surface area contributed by atoms with Crippen LogP contribution in [0.5, 0.6) is 0 Å². The number of carbonyl (C=O) groups is 1. The van der Waals surface area contributed by atoms with Crippen LogP contribution in [-0.2, 0) is 9.53 Å². The van der Waals surface area contributed by atoms with Gasteiger partial charge in [0, 0.05) is 6.54 Å². The van der Waals surface area contributed by atoms with Crippen LogP contribution in [0.25, 0.3) is 0 Å². The topological polar surface area (TPSA) is 41.6 Å². The van der Waals surface area contributed by atoms with Crippen LogP contribution in [0.1, 0.15) is 60.3 Å². The zero-order chi connectivity index (χ0) is 16.3. The van der Waals surface area contributed by atoms with Gasteiger partial charge in [-0.1, -0.05) is 20.8 Å². The largest absolute Gasteiger partial charge is 0.465 e. The molecule has 0 aromatic carbocycles. The van der Waals surface area contributed by atoms with E-state index in [1.807, 2.05) is 13.8 Å². The Balaban J connectivity index is 4.20. The van der Waals surface area contributed by atoms with Gasteiger partial charge < -0.3 is 15.0 Å². The van der Waals surface area contributed by atoms with Gasteiger partial charge in [0.25, 0.3) is 0 Å². The minimum atomic E-state index is -0.539. The number of nitrogens with one attached hydrogen (secondary N) is 1. The van der Waals surface area contributed by atoms with Gasteiger partial charge in [-0.05, 0) is 65.6 Å². The van der Waals surface area contributed by atoms with Crippen LogP contribution < -0.4 is 5.32 Å². The molecule has 0 rings (SSSR count). The average molecular weight is 300 g/mol. The normalized spacial score (nSPS) is 14.5. The van der Waals surface area contributed by atoms with E-state index in [4.69, 9.17) is 4.74 Å². The highest BCUT2D eigenvalue weighted by Crippen LogP contribution is 2.16. The molecule has 0 saturated carbocycles. The lowest BCUT2D eigenvalue weighted by Crippen LogP contribution is -2.50. The molecule has 1 unspecified atom stereocenters. The van der Waals surface area contributed by atoms with E-state index in [0.717, 1.165) is 45.3 Å². The molecule has 4 heteroatoms. The predicted molar refractivity (Wildman–Crippen MR) is 89.5 cm³/mol. The minimum Gasteiger partial charge on any atom is -0.465 e. The smallest absolute Gasteiger partial charge is 0.326 e. The maximum atomic E-state index is 12.1. The van der Waals surface area contributed by atoms with Crippen molar-refractivity contribution in [1.82, 2.24) is 10.2 Å². The van der Waals surface area contributed by atoms with Crippen molar-refractivity contribution >= 4 is 5.97 Å². The van der Waals surface area contributed by atoms with Gasteiger partial charge in [-0.25, -0.2) is 0 Å². The monoisotopic (exact) mass is 300 g/mol. The number of nitrogens with zero attached hydrogens (tertiary/aromatic N) is 1. The predicted octanol–water partition coefficient (Wildman–Crippen LogP) is 3.07. The highest BCUT2D eigenvalue weighted by molar-refractivity contribution is 5.80. The Morgan fingerprint density at radius 1 is 1.29 bits per heavy atom. The maximum Gasteiger partial charge on any atom is 0.326 e. The first kappa shape index (κ1) is 20.4. The van der Waals surface area contributed by atoms with Gasteiger partial charge >= 0.3 is 5.97 Å². The fourth-order valence-corrected chi connectivity index (χ4v) is 2.53. The van der Waals surface area contributed by atoms with Gasteiger partial charge in [-0.2, -0.15) is 0 Å². The maximum absolute atomic E-state index is 12.1. The molecule has 21 heavy (non-hydrogen) atoms. The summed E-state index contributed by atoms with van der Waals surface area (Å²) in [5.41, 5.74) is -0.539. The third-order valence-electron chi connectivity index (χ3n) is 3.63. The number of esters is 1. The summed E-state index contributed by atoms with van der Waals surface area (Å²) in [5.74, 6) is 0.583. The number of ether oxygens (including phenoxy) is 1. The molecule has 0 fully saturated rings. The van der Waals surface area contributed by atoms with Crippen molar-refractivity contribution in [2.75, 3.05) is 33.3 Å². The molecule has 0 aliphatic heterocycles. The van der Waals surface area contributed by atoms with Crippen LogP contribution in [0.3, 0.4) is 0 Å². The zero-order valence-corrected chi connectivity index (χ0v) is 15.0. The van der Waals surface area contributed by atoms with E-state index in [1.165, 1.54) is 0 Å². The van der Waals surface area contributed by atoms with Crippen molar-refractivity contribution in [3.8, 4) is 0 Å². The second kappa shape index (κ2) is 11.0. The first-order valence-corrected chi connectivity index (χ1v) is 8.46. The van der Waals surface area contributed by atoms with Gasteiger partial charge in [0.05, 0.1) is 6.61 Å². The molecule has 1 N–H and O–H groups in total. The van der Waals surface area contributed by atoms with Crippen LogP contribution in [0, 0.1) is 5.92 Å². The summed E-state index contributed by atoms with van der Waals surface area (Å²) in [6.07, 6.45) is 4.01. The van der Waals surface area contributed by atoms with Gasteiger partial charge in [0.2, 0.25) is 0 Å². The number of unbranched alkanes of at least 4 members (excludes halogenated alkanes) is 1.